The molecular formula is C10H20O2. The van der Waals surface area contributed by atoms with Crippen LogP contribution in [0.15, 0.2) is 0 Å². The van der Waals surface area contributed by atoms with E-state index in [4.69, 9.17) is 0 Å². The van der Waals surface area contributed by atoms with Gasteiger partial charge in [0.1, 0.15) is 5.78 Å². The zero-order valence-electron chi connectivity index (χ0n) is 8.55. The van der Waals surface area contributed by atoms with Crippen LogP contribution in [-0.4, -0.2) is 17.0 Å². The maximum Gasteiger partial charge on any atom is 0.138 e. The molecule has 1 N–H and O–H groups in total. The summed E-state index contributed by atoms with van der Waals surface area (Å²) in [5.41, 5.74) is -0.532. The molecule has 0 aliphatic carbocycles. The molecule has 0 radical (unpaired) electrons. The van der Waals surface area contributed by atoms with Gasteiger partial charge in [-0.1, -0.05) is 27.2 Å². The van der Waals surface area contributed by atoms with Gasteiger partial charge in [0.25, 0.3) is 0 Å². The van der Waals surface area contributed by atoms with E-state index in [1.165, 1.54) is 0 Å². The molecule has 0 amide bonds. The molecule has 0 saturated heterocycles. The Morgan fingerprint density at radius 2 is 2.00 bits per heavy atom. The molecule has 12 heavy (non-hydrogen) atoms. The minimum atomic E-state index is -0.532. The van der Waals surface area contributed by atoms with Crippen LogP contribution in [0.25, 0.3) is 0 Å². The molecule has 0 bridgehead atoms. The fourth-order valence-electron chi connectivity index (χ4n) is 1.31. The van der Waals surface area contributed by atoms with Crippen LogP contribution >= 0.6 is 0 Å². The molecule has 0 aliphatic heterocycles. The lowest BCUT2D eigenvalue weighted by Crippen LogP contribution is -2.37. The fourth-order valence-corrected chi connectivity index (χ4v) is 1.31. The molecule has 0 heterocycles. The molecule has 0 saturated carbocycles. The summed E-state index contributed by atoms with van der Waals surface area (Å²) < 4.78 is 0. The second-order valence-electron chi connectivity index (χ2n) is 3.63. The third-order valence-corrected chi connectivity index (χ3v) is 2.84. The Balaban J connectivity index is 4.39. The largest absolute Gasteiger partial charge is 0.392 e. The van der Waals surface area contributed by atoms with E-state index >= 15 is 0 Å². The molecule has 0 aliphatic rings. The quantitative estimate of drug-likeness (QED) is 0.690. The van der Waals surface area contributed by atoms with Gasteiger partial charge in [-0.05, 0) is 19.8 Å². The van der Waals surface area contributed by atoms with Gasteiger partial charge in [0.05, 0.1) is 11.5 Å². The van der Waals surface area contributed by atoms with Crippen molar-refractivity contribution in [2.45, 2.75) is 53.1 Å². The van der Waals surface area contributed by atoms with E-state index in [2.05, 4.69) is 0 Å². The zero-order valence-corrected chi connectivity index (χ0v) is 8.55. The Bertz CT molecular complexity index is 154. The van der Waals surface area contributed by atoms with Gasteiger partial charge in [0.2, 0.25) is 0 Å². The Kier molecular flexibility index (Phi) is 4.46. The first-order valence-electron chi connectivity index (χ1n) is 4.68. The van der Waals surface area contributed by atoms with Crippen LogP contribution in [0.3, 0.4) is 0 Å². The van der Waals surface area contributed by atoms with Crippen molar-refractivity contribution in [3.63, 3.8) is 0 Å². The van der Waals surface area contributed by atoms with E-state index < -0.39 is 11.5 Å². The number of hydrogen-bond donors (Lipinski definition) is 1. The number of aliphatic hydroxyl groups excluding tert-OH is 1. The van der Waals surface area contributed by atoms with Gasteiger partial charge in [-0.15, -0.1) is 0 Å². The average molecular weight is 172 g/mol. The van der Waals surface area contributed by atoms with Crippen molar-refractivity contribution in [3.8, 4) is 0 Å². The summed E-state index contributed by atoms with van der Waals surface area (Å²) >= 11 is 0. The Labute approximate surface area is 75.0 Å². The molecule has 2 atom stereocenters. The van der Waals surface area contributed by atoms with Crippen molar-refractivity contribution >= 4 is 5.78 Å². The first kappa shape index (κ1) is 11.6. The van der Waals surface area contributed by atoms with Gasteiger partial charge in [-0.25, -0.2) is 0 Å². The summed E-state index contributed by atoms with van der Waals surface area (Å²) in [5.74, 6) is 0.0888. The summed E-state index contributed by atoms with van der Waals surface area (Å²) in [6.45, 7) is 7.36. The predicted octanol–water partition coefficient (Wildman–Crippen LogP) is 2.15. The number of Topliss-reactive ketones (excluding diaryl/α,β-unsaturated/α-hetero) is 1. The molecule has 72 valence electrons. The topological polar surface area (TPSA) is 37.3 Å². The lowest BCUT2D eigenvalue weighted by atomic mass is 9.76. The highest BCUT2D eigenvalue weighted by Gasteiger charge is 2.34. The van der Waals surface area contributed by atoms with Crippen molar-refractivity contribution in [2.75, 3.05) is 0 Å². The third kappa shape index (κ3) is 2.31. The predicted molar refractivity (Wildman–Crippen MR) is 50.0 cm³/mol. The number of hydrogen-bond acceptors (Lipinski definition) is 2. The average Bonchev–Trinajstić information content (AvgIpc) is 2.03. The Morgan fingerprint density at radius 1 is 1.50 bits per heavy atom. The highest BCUT2D eigenvalue weighted by Crippen LogP contribution is 2.29. The van der Waals surface area contributed by atoms with Gasteiger partial charge < -0.3 is 5.11 Å². The second-order valence-corrected chi connectivity index (χ2v) is 3.63. The van der Waals surface area contributed by atoms with Gasteiger partial charge in [0.15, 0.2) is 0 Å². The van der Waals surface area contributed by atoms with Crippen molar-refractivity contribution in [3.05, 3.63) is 0 Å². The molecule has 0 aromatic heterocycles. The molecule has 0 aromatic rings. The van der Waals surface area contributed by atoms with Gasteiger partial charge in [-0.2, -0.15) is 0 Å². The number of carbonyl (C=O) groups is 1. The highest BCUT2D eigenvalue weighted by atomic mass is 16.3. The minimum Gasteiger partial charge on any atom is -0.392 e. The molecule has 0 rings (SSSR count). The monoisotopic (exact) mass is 172 g/mol. The maximum atomic E-state index is 11.3. The van der Waals surface area contributed by atoms with Crippen molar-refractivity contribution in [2.24, 2.45) is 5.41 Å². The van der Waals surface area contributed by atoms with E-state index in [1.54, 1.807) is 6.92 Å². The van der Waals surface area contributed by atoms with Gasteiger partial charge in [0, 0.05) is 0 Å². The van der Waals surface area contributed by atoms with Crippen LogP contribution in [0.1, 0.15) is 47.0 Å². The number of ketones is 1. The zero-order chi connectivity index (χ0) is 9.78. The smallest absolute Gasteiger partial charge is 0.138 e. The summed E-state index contributed by atoms with van der Waals surface area (Å²) in [7, 11) is 0. The van der Waals surface area contributed by atoms with Crippen molar-refractivity contribution in [1.82, 2.24) is 0 Å². The Morgan fingerprint density at radius 3 is 2.25 bits per heavy atom. The molecule has 2 heteroatoms. The van der Waals surface area contributed by atoms with Crippen molar-refractivity contribution in [1.29, 1.82) is 0 Å². The fraction of sp³-hybridized carbons (Fsp3) is 0.900. The Hall–Kier alpha value is -0.370. The first-order chi connectivity index (χ1) is 5.49. The van der Waals surface area contributed by atoms with Crippen molar-refractivity contribution < 1.29 is 9.90 Å². The number of aliphatic hydroxyl groups is 1. The lowest BCUT2D eigenvalue weighted by Gasteiger charge is -2.30. The SMILES string of the molecule is CCC[C@@H](O)[C@@](C)(CC)C(C)=O. The molecule has 0 aromatic carbocycles. The second kappa shape index (κ2) is 4.61. The molecule has 2 nitrogen and oxygen atoms in total. The van der Waals surface area contributed by atoms with E-state index in [9.17, 15) is 9.90 Å². The van der Waals surface area contributed by atoms with Gasteiger partial charge in [-0.3, -0.25) is 4.79 Å². The summed E-state index contributed by atoms with van der Waals surface area (Å²) in [5, 5.41) is 9.72. The third-order valence-electron chi connectivity index (χ3n) is 2.84. The maximum absolute atomic E-state index is 11.3. The first-order valence-corrected chi connectivity index (χ1v) is 4.68. The standard InChI is InChI=1S/C10H20O2/c1-5-7-9(12)10(4,6-2)8(3)11/h9,12H,5-7H2,1-4H3/t9-,10+/m1/s1. The summed E-state index contributed by atoms with van der Waals surface area (Å²) in [6.07, 6.45) is 1.86. The summed E-state index contributed by atoms with van der Waals surface area (Å²) in [6, 6.07) is 0. The van der Waals surface area contributed by atoms with Crippen LogP contribution in [-0.2, 0) is 4.79 Å². The van der Waals surface area contributed by atoms with Crippen LogP contribution < -0.4 is 0 Å². The van der Waals surface area contributed by atoms with E-state index in [0.717, 1.165) is 6.42 Å². The molecule has 0 fully saturated rings. The van der Waals surface area contributed by atoms with E-state index in [0.29, 0.717) is 12.8 Å². The molecule has 0 spiro atoms. The van der Waals surface area contributed by atoms with Gasteiger partial charge >= 0.3 is 0 Å². The molecule has 0 unspecified atom stereocenters. The van der Waals surface area contributed by atoms with E-state index in [1.807, 2.05) is 20.8 Å². The minimum absolute atomic E-state index is 0.0888. The van der Waals surface area contributed by atoms with E-state index in [-0.39, 0.29) is 5.78 Å². The van der Waals surface area contributed by atoms with Crippen LogP contribution in [0, 0.1) is 5.41 Å². The number of rotatable bonds is 5. The molecular weight excluding hydrogens is 152 g/mol. The van der Waals surface area contributed by atoms with Crippen LogP contribution in [0.4, 0.5) is 0 Å². The number of carbonyl (C=O) groups excluding carboxylic acids is 1. The lowest BCUT2D eigenvalue weighted by molar-refractivity contribution is -0.132. The summed E-state index contributed by atoms with van der Waals surface area (Å²) in [4.78, 5) is 11.3. The normalized spacial score (nSPS) is 18.4. The van der Waals surface area contributed by atoms with Crippen LogP contribution in [0.2, 0.25) is 0 Å². The highest BCUT2D eigenvalue weighted by molar-refractivity contribution is 5.82. The van der Waals surface area contributed by atoms with Crippen LogP contribution in [0.5, 0.6) is 0 Å².